The molecule has 1 aromatic rings. The molecule has 0 saturated carbocycles. The number of rotatable bonds is 8. The van der Waals surface area contributed by atoms with Gasteiger partial charge in [0, 0.05) is 19.2 Å². The van der Waals surface area contributed by atoms with Crippen LogP contribution in [0.25, 0.3) is 0 Å². The molecule has 0 fully saturated rings. The van der Waals surface area contributed by atoms with Crippen molar-refractivity contribution < 1.29 is 4.92 Å². The van der Waals surface area contributed by atoms with Crippen molar-refractivity contribution in [1.29, 1.82) is 0 Å². The number of hydrogen-bond acceptors (Lipinski definition) is 4. The van der Waals surface area contributed by atoms with Crippen LogP contribution in [0.15, 0.2) is 18.2 Å². The summed E-state index contributed by atoms with van der Waals surface area (Å²) < 4.78 is 0. The Morgan fingerprint density at radius 2 is 2.11 bits per heavy atom. The zero-order valence-corrected chi connectivity index (χ0v) is 12.0. The highest BCUT2D eigenvalue weighted by atomic mass is 16.6. The van der Waals surface area contributed by atoms with Gasteiger partial charge in [0.2, 0.25) is 0 Å². The highest BCUT2D eigenvalue weighted by Gasteiger charge is 2.14. The van der Waals surface area contributed by atoms with Crippen molar-refractivity contribution in [1.82, 2.24) is 4.90 Å². The third-order valence-corrected chi connectivity index (χ3v) is 2.97. The zero-order valence-electron chi connectivity index (χ0n) is 12.0. The average molecular weight is 265 g/mol. The number of nitro groups is 1. The first-order valence-corrected chi connectivity index (χ1v) is 6.78. The first-order chi connectivity index (χ1) is 9.08. The second-order valence-electron chi connectivity index (χ2n) is 4.73. The topological polar surface area (TPSA) is 58.4 Å². The van der Waals surface area contributed by atoms with Crippen molar-refractivity contribution in [3.8, 4) is 0 Å². The summed E-state index contributed by atoms with van der Waals surface area (Å²) in [7, 11) is 2.04. The lowest BCUT2D eigenvalue weighted by atomic mass is 10.1. The fraction of sp³-hybridized carbons (Fsp3) is 0.571. The molecule has 0 atom stereocenters. The lowest BCUT2D eigenvalue weighted by molar-refractivity contribution is -0.384. The molecule has 0 aliphatic carbocycles. The van der Waals surface area contributed by atoms with Crippen molar-refractivity contribution >= 4 is 11.4 Å². The molecule has 5 nitrogen and oxygen atoms in total. The fourth-order valence-electron chi connectivity index (χ4n) is 1.99. The van der Waals surface area contributed by atoms with Crippen LogP contribution in [-0.2, 0) is 6.54 Å². The molecule has 1 N–H and O–H groups in total. The van der Waals surface area contributed by atoms with Gasteiger partial charge in [0.25, 0.3) is 5.69 Å². The van der Waals surface area contributed by atoms with Gasteiger partial charge in [0.1, 0.15) is 5.69 Å². The second kappa shape index (κ2) is 7.74. The quantitative estimate of drug-likeness (QED) is 0.579. The van der Waals surface area contributed by atoms with Gasteiger partial charge in [-0.1, -0.05) is 19.4 Å². The van der Waals surface area contributed by atoms with Gasteiger partial charge in [-0.05, 0) is 38.6 Å². The van der Waals surface area contributed by atoms with E-state index in [9.17, 15) is 10.1 Å². The first kappa shape index (κ1) is 15.4. The van der Waals surface area contributed by atoms with Crippen LogP contribution in [0.1, 0.15) is 32.3 Å². The summed E-state index contributed by atoms with van der Waals surface area (Å²) >= 11 is 0. The summed E-state index contributed by atoms with van der Waals surface area (Å²) in [4.78, 5) is 12.9. The van der Waals surface area contributed by atoms with Crippen molar-refractivity contribution in [3.05, 3.63) is 33.9 Å². The molecule has 0 bridgehead atoms. The Morgan fingerprint density at radius 3 is 2.68 bits per heavy atom. The van der Waals surface area contributed by atoms with Crippen LogP contribution in [0.2, 0.25) is 0 Å². The third-order valence-electron chi connectivity index (χ3n) is 2.97. The van der Waals surface area contributed by atoms with Crippen molar-refractivity contribution in [2.75, 3.05) is 25.5 Å². The van der Waals surface area contributed by atoms with Gasteiger partial charge in [0.15, 0.2) is 0 Å². The summed E-state index contributed by atoms with van der Waals surface area (Å²) in [6.45, 7) is 6.52. The monoisotopic (exact) mass is 265 g/mol. The van der Waals surface area contributed by atoms with Gasteiger partial charge in [0.05, 0.1) is 4.92 Å². The highest BCUT2D eigenvalue weighted by molar-refractivity contribution is 5.62. The highest BCUT2D eigenvalue weighted by Crippen LogP contribution is 2.25. The Kier molecular flexibility index (Phi) is 6.29. The number of anilines is 1. The number of benzene rings is 1. The molecule has 0 heterocycles. The maximum Gasteiger partial charge on any atom is 0.292 e. The van der Waals surface area contributed by atoms with Crippen LogP contribution in [-0.4, -0.2) is 30.0 Å². The van der Waals surface area contributed by atoms with Crippen LogP contribution in [0.5, 0.6) is 0 Å². The van der Waals surface area contributed by atoms with E-state index in [1.165, 1.54) is 0 Å². The van der Waals surface area contributed by atoms with E-state index in [1.807, 2.05) is 20.0 Å². The Morgan fingerprint density at radius 1 is 1.37 bits per heavy atom. The SMILES string of the molecule is CCCCN(C)Cc1ccc(NCC)c([N+](=O)[O-])c1. The first-order valence-electron chi connectivity index (χ1n) is 6.78. The van der Waals surface area contributed by atoms with E-state index in [2.05, 4.69) is 17.1 Å². The van der Waals surface area contributed by atoms with Crippen LogP contribution in [0.4, 0.5) is 11.4 Å². The molecule has 5 heteroatoms. The van der Waals surface area contributed by atoms with E-state index in [1.54, 1.807) is 12.1 Å². The summed E-state index contributed by atoms with van der Waals surface area (Å²) in [5, 5.41) is 14.1. The van der Waals surface area contributed by atoms with Gasteiger partial charge >= 0.3 is 0 Å². The molecule has 0 radical (unpaired) electrons. The average Bonchev–Trinajstić information content (AvgIpc) is 2.38. The molecule has 0 aromatic heterocycles. The van der Waals surface area contributed by atoms with Crippen molar-refractivity contribution in [2.45, 2.75) is 33.2 Å². The van der Waals surface area contributed by atoms with Crippen LogP contribution < -0.4 is 5.32 Å². The number of nitrogens with one attached hydrogen (secondary N) is 1. The summed E-state index contributed by atoms with van der Waals surface area (Å²) in [5.74, 6) is 0. The predicted octanol–water partition coefficient (Wildman–Crippen LogP) is 3.26. The van der Waals surface area contributed by atoms with Crippen molar-refractivity contribution in [2.24, 2.45) is 0 Å². The molecular weight excluding hydrogens is 242 g/mol. The number of unbranched alkanes of at least 4 members (excludes halogenated alkanes) is 1. The second-order valence-corrected chi connectivity index (χ2v) is 4.73. The number of nitrogens with zero attached hydrogens (tertiary/aromatic N) is 2. The molecule has 0 spiro atoms. The molecule has 106 valence electrons. The number of hydrogen-bond donors (Lipinski definition) is 1. The molecule has 0 saturated heterocycles. The van der Waals surface area contributed by atoms with E-state index in [0.29, 0.717) is 12.2 Å². The lowest BCUT2D eigenvalue weighted by Crippen LogP contribution is -2.19. The number of nitro benzene ring substituents is 1. The molecule has 19 heavy (non-hydrogen) atoms. The van der Waals surface area contributed by atoms with Gasteiger partial charge < -0.3 is 10.2 Å². The van der Waals surface area contributed by atoms with E-state index in [0.717, 1.165) is 31.5 Å². The molecule has 1 rings (SSSR count). The minimum Gasteiger partial charge on any atom is -0.380 e. The molecular formula is C14H23N3O2. The normalized spacial score (nSPS) is 10.7. The Balaban J connectivity index is 2.80. The van der Waals surface area contributed by atoms with E-state index in [-0.39, 0.29) is 10.6 Å². The van der Waals surface area contributed by atoms with E-state index in [4.69, 9.17) is 0 Å². The van der Waals surface area contributed by atoms with E-state index >= 15 is 0 Å². The standard InChI is InChI=1S/C14H23N3O2/c1-4-6-9-16(3)11-12-7-8-13(15-5-2)14(10-12)17(18)19/h7-8,10,15H,4-6,9,11H2,1-3H3. The lowest BCUT2D eigenvalue weighted by Gasteiger charge is -2.16. The molecule has 0 unspecified atom stereocenters. The summed E-state index contributed by atoms with van der Waals surface area (Å²) in [5.41, 5.74) is 1.72. The third kappa shape index (κ3) is 4.87. The van der Waals surface area contributed by atoms with Gasteiger partial charge in [-0.15, -0.1) is 0 Å². The molecule has 0 aliphatic heterocycles. The van der Waals surface area contributed by atoms with Crippen molar-refractivity contribution in [3.63, 3.8) is 0 Å². The van der Waals surface area contributed by atoms with Crippen LogP contribution in [0, 0.1) is 10.1 Å². The Bertz CT molecular complexity index is 421. The van der Waals surface area contributed by atoms with E-state index < -0.39 is 0 Å². The maximum atomic E-state index is 11.1. The summed E-state index contributed by atoms with van der Waals surface area (Å²) in [6.07, 6.45) is 2.30. The maximum absolute atomic E-state index is 11.1. The van der Waals surface area contributed by atoms with Crippen LogP contribution >= 0.6 is 0 Å². The van der Waals surface area contributed by atoms with Gasteiger partial charge in [-0.2, -0.15) is 0 Å². The van der Waals surface area contributed by atoms with Gasteiger partial charge in [-0.25, -0.2) is 0 Å². The minimum absolute atomic E-state index is 0.156. The Hall–Kier alpha value is -1.62. The smallest absolute Gasteiger partial charge is 0.292 e. The summed E-state index contributed by atoms with van der Waals surface area (Å²) in [6, 6.07) is 5.42. The molecule has 1 aromatic carbocycles. The van der Waals surface area contributed by atoms with Gasteiger partial charge in [-0.3, -0.25) is 10.1 Å². The fourth-order valence-corrected chi connectivity index (χ4v) is 1.99. The minimum atomic E-state index is -0.326. The molecule has 0 amide bonds. The molecule has 0 aliphatic rings. The zero-order chi connectivity index (χ0) is 14.3. The van der Waals surface area contributed by atoms with Crippen LogP contribution in [0.3, 0.4) is 0 Å². The Labute approximate surface area is 114 Å². The largest absolute Gasteiger partial charge is 0.380 e. The predicted molar refractivity (Wildman–Crippen MR) is 78.5 cm³/mol.